The number of carboxylic acids is 1. The Labute approximate surface area is 180 Å². The molecule has 4 nitrogen and oxygen atoms in total. The molecule has 5 heteroatoms. The molecule has 0 saturated carbocycles. The van der Waals surface area contributed by atoms with Gasteiger partial charge >= 0.3 is 5.97 Å². The fraction of sp³-hybridized carbons (Fsp3) is 0.200. The SMILES string of the molecule is Cc1cc(C(=O)N2C(c3ccccc3Cl)CC[C@H]2C(=O)O)ccc1-c1ccccc1. The number of nitrogens with zero attached hydrogens (tertiary/aromatic N) is 1. The first kappa shape index (κ1) is 20.2. The van der Waals surface area contributed by atoms with E-state index in [0.29, 0.717) is 23.4 Å². The van der Waals surface area contributed by atoms with Gasteiger partial charge in [-0.15, -0.1) is 0 Å². The smallest absolute Gasteiger partial charge is 0.326 e. The van der Waals surface area contributed by atoms with Crippen molar-refractivity contribution < 1.29 is 14.7 Å². The van der Waals surface area contributed by atoms with E-state index in [9.17, 15) is 14.7 Å². The molecule has 30 heavy (non-hydrogen) atoms. The van der Waals surface area contributed by atoms with Crippen molar-refractivity contribution in [2.24, 2.45) is 0 Å². The number of carbonyl (C=O) groups excluding carboxylic acids is 1. The fourth-order valence-corrected chi connectivity index (χ4v) is 4.54. The molecule has 1 fully saturated rings. The number of carbonyl (C=O) groups is 2. The molecule has 1 unspecified atom stereocenters. The van der Waals surface area contributed by atoms with Crippen LogP contribution in [-0.2, 0) is 4.79 Å². The van der Waals surface area contributed by atoms with Gasteiger partial charge in [0.2, 0.25) is 0 Å². The Morgan fingerprint density at radius 2 is 1.67 bits per heavy atom. The molecule has 4 rings (SSSR count). The zero-order valence-corrected chi connectivity index (χ0v) is 17.3. The molecule has 3 aromatic rings. The highest BCUT2D eigenvalue weighted by Crippen LogP contribution is 2.40. The van der Waals surface area contributed by atoms with Crippen LogP contribution in [0, 0.1) is 6.92 Å². The van der Waals surface area contributed by atoms with Crippen LogP contribution >= 0.6 is 11.6 Å². The fourth-order valence-electron chi connectivity index (χ4n) is 4.27. The van der Waals surface area contributed by atoms with Crippen LogP contribution in [0.15, 0.2) is 72.8 Å². The van der Waals surface area contributed by atoms with Crippen LogP contribution in [0.4, 0.5) is 0 Å². The van der Waals surface area contributed by atoms with Gasteiger partial charge < -0.3 is 10.0 Å². The predicted octanol–water partition coefficient (Wildman–Crippen LogP) is 5.75. The van der Waals surface area contributed by atoms with Crippen LogP contribution < -0.4 is 0 Å². The van der Waals surface area contributed by atoms with E-state index >= 15 is 0 Å². The summed E-state index contributed by atoms with van der Waals surface area (Å²) in [5.41, 5.74) is 4.36. The van der Waals surface area contributed by atoms with Crippen LogP contribution in [0.3, 0.4) is 0 Å². The third kappa shape index (κ3) is 3.71. The molecule has 1 heterocycles. The van der Waals surface area contributed by atoms with E-state index in [0.717, 1.165) is 22.3 Å². The van der Waals surface area contributed by atoms with Gasteiger partial charge in [0.15, 0.2) is 0 Å². The van der Waals surface area contributed by atoms with Crippen molar-refractivity contribution in [3.05, 3.63) is 94.5 Å². The summed E-state index contributed by atoms with van der Waals surface area (Å²) in [6.45, 7) is 1.96. The molecule has 152 valence electrons. The molecule has 1 aliphatic heterocycles. The lowest BCUT2D eigenvalue weighted by Gasteiger charge is -2.29. The Morgan fingerprint density at radius 3 is 2.33 bits per heavy atom. The second-order valence-electron chi connectivity index (χ2n) is 7.58. The van der Waals surface area contributed by atoms with Crippen molar-refractivity contribution in [1.82, 2.24) is 4.90 Å². The molecule has 0 radical (unpaired) electrons. The van der Waals surface area contributed by atoms with Gasteiger partial charge in [-0.25, -0.2) is 4.79 Å². The average molecular weight is 420 g/mol. The lowest BCUT2D eigenvalue weighted by atomic mass is 9.97. The number of rotatable bonds is 4. The van der Waals surface area contributed by atoms with Gasteiger partial charge in [-0.05, 0) is 60.2 Å². The number of likely N-dealkylation sites (tertiary alicyclic amines) is 1. The van der Waals surface area contributed by atoms with Gasteiger partial charge in [-0.2, -0.15) is 0 Å². The molecule has 1 saturated heterocycles. The molecule has 3 aromatic carbocycles. The molecular formula is C25H22ClNO3. The van der Waals surface area contributed by atoms with E-state index < -0.39 is 12.0 Å². The highest BCUT2D eigenvalue weighted by molar-refractivity contribution is 6.31. The molecule has 2 atom stereocenters. The van der Waals surface area contributed by atoms with Crippen LogP contribution in [0.2, 0.25) is 5.02 Å². The Balaban J connectivity index is 1.71. The molecule has 1 aliphatic rings. The second kappa shape index (κ2) is 8.33. The van der Waals surface area contributed by atoms with Crippen LogP contribution in [0.25, 0.3) is 11.1 Å². The Morgan fingerprint density at radius 1 is 0.967 bits per heavy atom. The number of benzene rings is 3. The van der Waals surface area contributed by atoms with Gasteiger partial charge in [-0.1, -0.05) is 66.2 Å². The molecule has 0 bridgehead atoms. The topological polar surface area (TPSA) is 57.6 Å². The minimum Gasteiger partial charge on any atom is -0.480 e. The summed E-state index contributed by atoms with van der Waals surface area (Å²) >= 11 is 6.38. The maximum Gasteiger partial charge on any atom is 0.326 e. The van der Waals surface area contributed by atoms with Crippen LogP contribution in [0.1, 0.15) is 40.4 Å². The first-order chi connectivity index (χ1) is 14.5. The number of hydrogen-bond acceptors (Lipinski definition) is 2. The quantitative estimate of drug-likeness (QED) is 0.586. The predicted molar refractivity (Wildman–Crippen MR) is 118 cm³/mol. The summed E-state index contributed by atoms with van der Waals surface area (Å²) in [6.07, 6.45) is 0.964. The Hall–Kier alpha value is -3.11. The maximum atomic E-state index is 13.5. The Bertz CT molecular complexity index is 1100. The van der Waals surface area contributed by atoms with E-state index in [-0.39, 0.29) is 11.9 Å². The van der Waals surface area contributed by atoms with Gasteiger partial charge in [0, 0.05) is 10.6 Å². The number of halogens is 1. The zero-order valence-electron chi connectivity index (χ0n) is 16.6. The van der Waals surface area contributed by atoms with Crippen molar-refractivity contribution in [1.29, 1.82) is 0 Å². The summed E-state index contributed by atoms with van der Waals surface area (Å²) in [5, 5.41) is 10.3. The van der Waals surface area contributed by atoms with E-state index in [1.54, 1.807) is 12.1 Å². The van der Waals surface area contributed by atoms with Gasteiger partial charge in [0.05, 0.1) is 6.04 Å². The molecule has 1 N–H and O–H groups in total. The highest BCUT2D eigenvalue weighted by atomic mass is 35.5. The Kier molecular flexibility index (Phi) is 5.60. The lowest BCUT2D eigenvalue weighted by molar-refractivity contribution is -0.141. The zero-order chi connectivity index (χ0) is 21.3. The maximum absolute atomic E-state index is 13.5. The highest BCUT2D eigenvalue weighted by Gasteiger charge is 2.42. The minimum absolute atomic E-state index is 0.285. The molecule has 1 amide bonds. The number of carboxylic acid groups (broad SMARTS) is 1. The van der Waals surface area contributed by atoms with Crippen molar-refractivity contribution >= 4 is 23.5 Å². The van der Waals surface area contributed by atoms with E-state index in [2.05, 4.69) is 0 Å². The third-order valence-electron chi connectivity index (χ3n) is 5.73. The molecule has 0 spiro atoms. The van der Waals surface area contributed by atoms with Gasteiger partial charge in [0.25, 0.3) is 5.91 Å². The van der Waals surface area contributed by atoms with Crippen LogP contribution in [0.5, 0.6) is 0 Å². The summed E-state index contributed by atoms with van der Waals surface area (Å²) in [7, 11) is 0. The van der Waals surface area contributed by atoms with Crippen molar-refractivity contribution in [3.63, 3.8) is 0 Å². The van der Waals surface area contributed by atoms with Gasteiger partial charge in [-0.3, -0.25) is 4.79 Å². The molecule has 0 aromatic heterocycles. The lowest BCUT2D eigenvalue weighted by Crippen LogP contribution is -2.41. The number of aryl methyl sites for hydroxylation is 1. The average Bonchev–Trinajstić information content (AvgIpc) is 3.19. The molecular weight excluding hydrogens is 398 g/mol. The monoisotopic (exact) mass is 419 g/mol. The minimum atomic E-state index is -0.990. The third-order valence-corrected chi connectivity index (χ3v) is 6.07. The number of aliphatic carboxylic acids is 1. The first-order valence-electron chi connectivity index (χ1n) is 9.93. The standard InChI is InChI=1S/C25H22ClNO3/c1-16-15-18(11-12-19(16)17-7-3-2-4-8-17)24(28)27-22(13-14-23(27)25(29)30)20-9-5-6-10-21(20)26/h2-12,15,22-23H,13-14H2,1H3,(H,29,30)/t22?,23-/m0/s1. The van der Waals surface area contributed by atoms with Gasteiger partial charge in [0.1, 0.15) is 6.04 Å². The van der Waals surface area contributed by atoms with Crippen molar-refractivity contribution in [2.75, 3.05) is 0 Å². The van der Waals surface area contributed by atoms with Crippen LogP contribution in [-0.4, -0.2) is 27.9 Å². The second-order valence-corrected chi connectivity index (χ2v) is 7.98. The van der Waals surface area contributed by atoms with E-state index in [1.165, 1.54) is 4.90 Å². The summed E-state index contributed by atoms with van der Waals surface area (Å²) in [6, 6.07) is 21.6. The largest absolute Gasteiger partial charge is 0.480 e. The van der Waals surface area contributed by atoms with Crippen molar-refractivity contribution in [2.45, 2.75) is 31.8 Å². The summed E-state index contributed by atoms with van der Waals surface area (Å²) < 4.78 is 0. The number of amides is 1. The summed E-state index contributed by atoms with van der Waals surface area (Å²) in [4.78, 5) is 26.9. The molecule has 0 aliphatic carbocycles. The van der Waals surface area contributed by atoms with E-state index in [4.69, 9.17) is 11.6 Å². The van der Waals surface area contributed by atoms with Crippen molar-refractivity contribution in [3.8, 4) is 11.1 Å². The van der Waals surface area contributed by atoms with E-state index in [1.807, 2.05) is 67.6 Å². The first-order valence-corrected chi connectivity index (χ1v) is 10.3. The normalized spacial score (nSPS) is 18.4. The summed E-state index contributed by atoms with van der Waals surface area (Å²) in [5.74, 6) is -1.27. The number of hydrogen-bond donors (Lipinski definition) is 1.